The molecule has 0 spiro atoms. The lowest BCUT2D eigenvalue weighted by atomic mass is 9.79. The molecule has 2 rings (SSSR count). The van der Waals surface area contributed by atoms with Gasteiger partial charge in [-0.25, -0.2) is 9.13 Å². The van der Waals surface area contributed by atoms with Gasteiger partial charge < -0.3 is 24.4 Å². The SMILES string of the molecule is [B][C@@H]1O[C@H](COP(=O)(O)O[C@@H]2C(CCC(CCC)CCCC)[C@H]([B])O[C@@H]2CC)[C@H](OP(=O)(O)OC)C1O. The summed E-state index contributed by atoms with van der Waals surface area (Å²) in [6.45, 7) is 5.59. The van der Waals surface area contributed by atoms with Gasteiger partial charge in [0.2, 0.25) is 0 Å². The third-order valence-electron chi connectivity index (χ3n) is 7.03. The average Bonchev–Trinajstić information content (AvgIpc) is 3.28. The summed E-state index contributed by atoms with van der Waals surface area (Å²) in [4.78, 5) is 20.1. The van der Waals surface area contributed by atoms with Gasteiger partial charge in [-0.3, -0.25) is 18.1 Å². The second-order valence-electron chi connectivity index (χ2n) is 9.77. The molecular weight excluding hydrogens is 524 g/mol. The normalized spacial score (nSPS) is 36.3. The van der Waals surface area contributed by atoms with Crippen LogP contribution in [0.5, 0.6) is 0 Å². The highest BCUT2D eigenvalue weighted by molar-refractivity contribution is 7.47. The van der Waals surface area contributed by atoms with Gasteiger partial charge in [-0.15, -0.1) is 0 Å². The van der Waals surface area contributed by atoms with E-state index in [4.69, 9.17) is 38.7 Å². The summed E-state index contributed by atoms with van der Waals surface area (Å²) in [5.41, 5.74) is 0. The lowest BCUT2D eigenvalue weighted by molar-refractivity contribution is -0.0221. The van der Waals surface area contributed by atoms with Crippen LogP contribution in [0.3, 0.4) is 0 Å². The molecule has 11 nitrogen and oxygen atoms in total. The molecule has 4 radical (unpaired) electrons. The van der Waals surface area contributed by atoms with Gasteiger partial charge >= 0.3 is 15.6 Å². The molecule has 0 amide bonds. The van der Waals surface area contributed by atoms with Crippen LogP contribution < -0.4 is 0 Å². The van der Waals surface area contributed by atoms with Gasteiger partial charge in [0, 0.05) is 25.0 Å². The predicted octanol–water partition coefficient (Wildman–Crippen LogP) is 3.18. The highest BCUT2D eigenvalue weighted by Gasteiger charge is 2.48. The molecule has 0 aliphatic carbocycles. The van der Waals surface area contributed by atoms with Crippen LogP contribution in [-0.2, 0) is 36.7 Å². The van der Waals surface area contributed by atoms with E-state index in [1.54, 1.807) is 0 Å². The molecule has 2 fully saturated rings. The van der Waals surface area contributed by atoms with E-state index in [0.29, 0.717) is 18.8 Å². The van der Waals surface area contributed by atoms with Gasteiger partial charge in [0.05, 0.1) is 12.7 Å². The topological polar surface area (TPSA) is 150 Å². The fourth-order valence-electron chi connectivity index (χ4n) is 4.99. The van der Waals surface area contributed by atoms with Crippen LogP contribution >= 0.6 is 15.6 Å². The van der Waals surface area contributed by atoms with Crippen LogP contribution in [0.4, 0.5) is 0 Å². The number of phosphoric acid groups is 2. The Hall–Kier alpha value is 0.230. The maximum absolute atomic E-state index is 12.9. The zero-order chi connectivity index (χ0) is 27.8. The number of hydrogen-bond donors (Lipinski definition) is 3. The van der Waals surface area contributed by atoms with Crippen molar-refractivity contribution in [3.8, 4) is 0 Å². The second-order valence-corrected chi connectivity index (χ2v) is 12.7. The molecule has 0 bridgehead atoms. The van der Waals surface area contributed by atoms with E-state index in [1.165, 1.54) is 0 Å². The van der Waals surface area contributed by atoms with Crippen LogP contribution in [0.25, 0.3) is 0 Å². The molecule has 0 aromatic rings. The Morgan fingerprint density at radius 1 is 0.892 bits per heavy atom. The smallest absolute Gasteiger partial charge is 0.388 e. The quantitative estimate of drug-likeness (QED) is 0.176. The Balaban J connectivity index is 2.04. The highest BCUT2D eigenvalue weighted by atomic mass is 31.2. The standard InChI is InChI=1S/C22H42B2O11P2/c1-5-8-10-14(9-6-2)11-12-15-19(16(7-3)32-21(15)23)34-37(28,29)31-13-17-20(18(25)22(24)33-17)35-36(26,27)30-4/h14-22,25H,5-13H2,1-4H3,(H,26,27)(H,28,29)/t14?,15?,16-,17-,18?,19-,20+,21-,22-/m1/s1. The first kappa shape index (κ1) is 33.4. The molecule has 11 atom stereocenters. The number of aliphatic hydroxyl groups is 1. The first-order valence-corrected chi connectivity index (χ1v) is 16.1. The molecule has 2 aliphatic heterocycles. The highest BCUT2D eigenvalue weighted by Crippen LogP contribution is 2.51. The van der Waals surface area contributed by atoms with Crippen molar-refractivity contribution in [2.45, 2.75) is 115 Å². The van der Waals surface area contributed by atoms with Crippen LogP contribution in [0.1, 0.15) is 72.1 Å². The van der Waals surface area contributed by atoms with E-state index < -0.39 is 64.8 Å². The minimum absolute atomic E-state index is 0.300. The fourth-order valence-corrected chi connectivity index (χ4v) is 6.64. The van der Waals surface area contributed by atoms with Crippen molar-refractivity contribution in [2.24, 2.45) is 11.8 Å². The predicted molar refractivity (Wildman–Crippen MR) is 138 cm³/mol. The molecule has 2 saturated heterocycles. The molecule has 3 N–H and O–H groups in total. The lowest BCUT2D eigenvalue weighted by Crippen LogP contribution is -2.36. The second kappa shape index (κ2) is 15.3. The van der Waals surface area contributed by atoms with Gasteiger partial charge in [-0.2, -0.15) is 0 Å². The fraction of sp³-hybridized carbons (Fsp3) is 1.00. The molecule has 2 aliphatic rings. The number of rotatable bonds is 17. The molecule has 212 valence electrons. The summed E-state index contributed by atoms with van der Waals surface area (Å²) in [5, 5.41) is 10.2. The van der Waals surface area contributed by atoms with Crippen molar-refractivity contribution in [1.82, 2.24) is 0 Å². The maximum atomic E-state index is 12.9. The summed E-state index contributed by atoms with van der Waals surface area (Å²) in [6.07, 6.45) is 2.28. The zero-order valence-electron chi connectivity index (χ0n) is 22.2. The van der Waals surface area contributed by atoms with Gasteiger partial charge in [0.25, 0.3) is 0 Å². The van der Waals surface area contributed by atoms with E-state index in [1.807, 2.05) is 6.92 Å². The minimum Gasteiger partial charge on any atom is -0.388 e. The maximum Gasteiger partial charge on any atom is 0.472 e. The van der Waals surface area contributed by atoms with Crippen LogP contribution in [-0.4, -0.2) is 86.8 Å². The van der Waals surface area contributed by atoms with Crippen molar-refractivity contribution in [3.63, 3.8) is 0 Å². The first-order chi connectivity index (χ1) is 17.4. The zero-order valence-corrected chi connectivity index (χ0v) is 24.0. The van der Waals surface area contributed by atoms with Crippen molar-refractivity contribution in [2.75, 3.05) is 13.7 Å². The summed E-state index contributed by atoms with van der Waals surface area (Å²) in [7, 11) is 3.68. The molecule has 0 aromatic carbocycles. The van der Waals surface area contributed by atoms with Crippen LogP contribution in [0.15, 0.2) is 0 Å². The molecule has 15 heteroatoms. The summed E-state index contributed by atoms with van der Waals surface area (Å²) < 4.78 is 55.9. The van der Waals surface area contributed by atoms with Gasteiger partial charge in [-0.05, 0) is 18.8 Å². The average molecular weight is 566 g/mol. The molecule has 0 aromatic heterocycles. The largest absolute Gasteiger partial charge is 0.472 e. The van der Waals surface area contributed by atoms with Crippen molar-refractivity contribution in [1.29, 1.82) is 0 Å². The minimum atomic E-state index is -4.67. The Morgan fingerprint density at radius 2 is 1.54 bits per heavy atom. The molecule has 37 heavy (non-hydrogen) atoms. The first-order valence-electron chi connectivity index (χ1n) is 13.1. The monoisotopic (exact) mass is 566 g/mol. The lowest BCUT2D eigenvalue weighted by Gasteiger charge is -2.28. The van der Waals surface area contributed by atoms with E-state index in [2.05, 4.69) is 18.4 Å². The van der Waals surface area contributed by atoms with E-state index in [9.17, 15) is 24.0 Å². The number of phosphoric ester groups is 2. The Bertz CT molecular complexity index is 779. The Labute approximate surface area is 223 Å². The van der Waals surface area contributed by atoms with Crippen molar-refractivity contribution < 1.29 is 51.6 Å². The number of ether oxygens (including phenoxy) is 2. The molecule has 2 heterocycles. The molecule has 0 saturated carbocycles. The molecule has 5 unspecified atom stereocenters. The third kappa shape index (κ3) is 9.98. The van der Waals surface area contributed by atoms with E-state index >= 15 is 0 Å². The van der Waals surface area contributed by atoms with Crippen LogP contribution in [0, 0.1) is 11.8 Å². The van der Waals surface area contributed by atoms with Crippen LogP contribution in [0.2, 0.25) is 0 Å². The number of hydrogen-bond acceptors (Lipinski definition) is 9. The van der Waals surface area contributed by atoms with Crippen molar-refractivity contribution >= 4 is 31.3 Å². The van der Waals surface area contributed by atoms with Gasteiger partial charge in [0.15, 0.2) is 0 Å². The van der Waals surface area contributed by atoms with Gasteiger partial charge in [-0.1, -0.05) is 59.3 Å². The van der Waals surface area contributed by atoms with E-state index in [0.717, 1.165) is 45.6 Å². The van der Waals surface area contributed by atoms with Crippen molar-refractivity contribution in [3.05, 3.63) is 0 Å². The summed E-state index contributed by atoms with van der Waals surface area (Å²) in [5.74, 6) is 0.239. The summed E-state index contributed by atoms with van der Waals surface area (Å²) >= 11 is 0. The number of unbranched alkanes of at least 4 members (excludes halogenated alkanes) is 1. The Kier molecular flexibility index (Phi) is 13.8. The Morgan fingerprint density at radius 3 is 2.14 bits per heavy atom. The third-order valence-corrected chi connectivity index (χ3v) is 8.99. The number of aliphatic hydroxyl groups excluding tert-OH is 1. The van der Waals surface area contributed by atoms with E-state index in [-0.39, 0.29) is 5.92 Å². The molecular formula is C22H42B2O11P2. The van der Waals surface area contributed by atoms with Gasteiger partial charge in [0.1, 0.15) is 40.1 Å². The summed E-state index contributed by atoms with van der Waals surface area (Å²) in [6, 6.07) is -1.91.